The first-order valence-electron chi connectivity index (χ1n) is 6.07. The van der Waals surface area contributed by atoms with Crippen molar-refractivity contribution in [2.75, 3.05) is 6.61 Å². The van der Waals surface area contributed by atoms with Crippen LogP contribution in [0.2, 0.25) is 0 Å². The Hall–Kier alpha value is -1.18. The third kappa shape index (κ3) is 3.05. The molecule has 0 saturated carbocycles. The Morgan fingerprint density at radius 3 is 2.26 bits per heavy atom. The van der Waals surface area contributed by atoms with Gasteiger partial charge in [-0.3, -0.25) is 0 Å². The predicted molar refractivity (Wildman–Crippen MR) is 65.6 cm³/mol. The number of aliphatic hydroxyl groups is 4. The lowest BCUT2D eigenvalue weighted by Crippen LogP contribution is -2.60. The van der Waals surface area contributed by atoms with Crippen LogP contribution in [0, 0.1) is 6.92 Å². The van der Waals surface area contributed by atoms with Crippen LogP contribution in [0.4, 0.5) is 0 Å². The van der Waals surface area contributed by atoms with Crippen molar-refractivity contribution in [1.29, 1.82) is 0 Å². The van der Waals surface area contributed by atoms with Crippen molar-refractivity contribution in [3.8, 4) is 5.75 Å². The number of ether oxygens (including phenoxy) is 2. The van der Waals surface area contributed by atoms with Crippen LogP contribution in [0.25, 0.3) is 0 Å². The monoisotopic (exact) mass is 270 g/mol. The van der Waals surface area contributed by atoms with E-state index in [9.17, 15) is 15.3 Å². The van der Waals surface area contributed by atoms with Crippen molar-refractivity contribution in [2.24, 2.45) is 0 Å². The summed E-state index contributed by atoms with van der Waals surface area (Å²) in [5.74, 6) is 0.468. The molecule has 1 aliphatic heterocycles. The standard InChI is InChI=1S/C13H18O6/c1-7-2-4-8(5-3-7)18-13-12(17)11(16)10(15)9(6-14)19-13/h2-5,9-17H,6H2,1H3/t9-,10-,11-,12+,13+/m1/s1. The molecule has 6 heteroatoms. The van der Waals surface area contributed by atoms with Crippen molar-refractivity contribution in [3.63, 3.8) is 0 Å². The summed E-state index contributed by atoms with van der Waals surface area (Å²) < 4.78 is 10.7. The Morgan fingerprint density at radius 2 is 1.68 bits per heavy atom. The highest BCUT2D eigenvalue weighted by Crippen LogP contribution is 2.24. The van der Waals surface area contributed by atoms with Gasteiger partial charge in [-0.15, -0.1) is 0 Å². The molecule has 0 amide bonds. The molecule has 0 aliphatic carbocycles. The molecule has 0 aromatic heterocycles. The van der Waals surface area contributed by atoms with Gasteiger partial charge in [-0.2, -0.15) is 0 Å². The fraction of sp³-hybridized carbons (Fsp3) is 0.538. The normalized spacial score (nSPS) is 35.1. The molecule has 19 heavy (non-hydrogen) atoms. The van der Waals surface area contributed by atoms with E-state index in [1.165, 1.54) is 0 Å². The summed E-state index contributed by atoms with van der Waals surface area (Å²) in [4.78, 5) is 0. The van der Waals surface area contributed by atoms with Crippen LogP contribution in [-0.4, -0.2) is 57.7 Å². The van der Waals surface area contributed by atoms with Gasteiger partial charge < -0.3 is 29.9 Å². The highest BCUT2D eigenvalue weighted by Gasteiger charge is 2.44. The summed E-state index contributed by atoms with van der Waals surface area (Å²) in [5, 5.41) is 38.1. The van der Waals surface area contributed by atoms with E-state index in [1.54, 1.807) is 12.1 Å². The third-order valence-electron chi connectivity index (χ3n) is 3.12. The number of aliphatic hydroxyl groups excluding tert-OH is 4. The molecule has 0 radical (unpaired) electrons. The van der Waals surface area contributed by atoms with Crippen LogP contribution in [0.5, 0.6) is 5.75 Å². The number of hydrogen-bond acceptors (Lipinski definition) is 6. The Kier molecular flexibility index (Phi) is 4.38. The number of rotatable bonds is 3. The molecule has 1 heterocycles. The van der Waals surface area contributed by atoms with Crippen LogP contribution in [-0.2, 0) is 4.74 Å². The van der Waals surface area contributed by atoms with Gasteiger partial charge in [0.05, 0.1) is 6.61 Å². The van der Waals surface area contributed by atoms with Gasteiger partial charge in [-0.1, -0.05) is 17.7 Å². The molecule has 1 aliphatic rings. The number of aryl methyl sites for hydroxylation is 1. The second-order valence-corrected chi connectivity index (χ2v) is 4.63. The van der Waals surface area contributed by atoms with Crippen molar-refractivity contribution in [3.05, 3.63) is 29.8 Å². The van der Waals surface area contributed by atoms with E-state index in [0.717, 1.165) is 5.56 Å². The topological polar surface area (TPSA) is 99.4 Å². The lowest BCUT2D eigenvalue weighted by Gasteiger charge is -2.39. The minimum Gasteiger partial charge on any atom is -0.462 e. The average molecular weight is 270 g/mol. The highest BCUT2D eigenvalue weighted by molar-refractivity contribution is 5.26. The van der Waals surface area contributed by atoms with Crippen LogP contribution in [0.15, 0.2) is 24.3 Å². The zero-order chi connectivity index (χ0) is 14.0. The molecular weight excluding hydrogens is 252 g/mol. The molecule has 4 N–H and O–H groups in total. The largest absolute Gasteiger partial charge is 0.462 e. The molecule has 0 spiro atoms. The Balaban J connectivity index is 2.08. The van der Waals surface area contributed by atoms with Crippen molar-refractivity contribution >= 4 is 0 Å². The fourth-order valence-corrected chi connectivity index (χ4v) is 1.92. The molecule has 0 unspecified atom stereocenters. The maximum absolute atomic E-state index is 9.80. The summed E-state index contributed by atoms with van der Waals surface area (Å²) in [6.07, 6.45) is -6.30. The second kappa shape index (κ2) is 5.85. The zero-order valence-electron chi connectivity index (χ0n) is 10.5. The van der Waals surface area contributed by atoms with Gasteiger partial charge in [0.25, 0.3) is 0 Å². The van der Waals surface area contributed by atoms with E-state index in [1.807, 2.05) is 19.1 Å². The molecule has 1 saturated heterocycles. The summed E-state index contributed by atoms with van der Waals surface area (Å²) in [7, 11) is 0. The number of hydrogen-bond donors (Lipinski definition) is 4. The lowest BCUT2D eigenvalue weighted by atomic mass is 9.99. The number of benzene rings is 1. The molecule has 1 aromatic rings. The van der Waals surface area contributed by atoms with Gasteiger partial charge >= 0.3 is 0 Å². The van der Waals surface area contributed by atoms with Crippen LogP contribution in [0.1, 0.15) is 5.56 Å². The molecular formula is C13H18O6. The van der Waals surface area contributed by atoms with Gasteiger partial charge in [-0.25, -0.2) is 0 Å². The first kappa shape index (κ1) is 14.2. The summed E-state index contributed by atoms with van der Waals surface area (Å²) in [5.41, 5.74) is 1.06. The first-order chi connectivity index (χ1) is 9.02. The van der Waals surface area contributed by atoms with E-state index in [-0.39, 0.29) is 0 Å². The minimum absolute atomic E-state index is 0.468. The zero-order valence-corrected chi connectivity index (χ0v) is 10.5. The minimum atomic E-state index is -1.43. The van der Waals surface area contributed by atoms with E-state index in [4.69, 9.17) is 14.6 Å². The quantitative estimate of drug-likeness (QED) is 0.572. The summed E-state index contributed by atoms with van der Waals surface area (Å²) >= 11 is 0. The van der Waals surface area contributed by atoms with Crippen LogP contribution < -0.4 is 4.74 Å². The maximum Gasteiger partial charge on any atom is 0.229 e. The van der Waals surface area contributed by atoms with Crippen molar-refractivity contribution in [2.45, 2.75) is 37.6 Å². The van der Waals surface area contributed by atoms with E-state index in [2.05, 4.69) is 0 Å². The fourth-order valence-electron chi connectivity index (χ4n) is 1.92. The summed E-state index contributed by atoms with van der Waals surface area (Å²) in [6, 6.07) is 7.08. The molecule has 5 atom stereocenters. The van der Waals surface area contributed by atoms with E-state index < -0.39 is 37.3 Å². The SMILES string of the molecule is Cc1ccc(O[C@H]2O[C@H](CO)[C@@H](O)[C@@H](O)[C@@H]2O)cc1. The van der Waals surface area contributed by atoms with Gasteiger partial charge in [0.15, 0.2) is 0 Å². The Bertz CT molecular complexity index is 404. The lowest BCUT2D eigenvalue weighted by molar-refractivity contribution is -0.277. The highest BCUT2D eigenvalue weighted by atomic mass is 16.7. The van der Waals surface area contributed by atoms with Gasteiger partial charge in [0.1, 0.15) is 30.2 Å². The molecule has 106 valence electrons. The van der Waals surface area contributed by atoms with Crippen molar-refractivity contribution < 1.29 is 29.9 Å². The average Bonchev–Trinajstić information content (AvgIpc) is 2.42. The molecule has 6 nitrogen and oxygen atoms in total. The van der Waals surface area contributed by atoms with Gasteiger partial charge in [0.2, 0.25) is 6.29 Å². The van der Waals surface area contributed by atoms with E-state index >= 15 is 0 Å². The molecule has 0 bridgehead atoms. The Labute approximate surface area is 110 Å². The van der Waals surface area contributed by atoms with Gasteiger partial charge in [-0.05, 0) is 19.1 Å². The molecule has 2 rings (SSSR count). The predicted octanol–water partition coefficient (Wildman–Crippen LogP) is -0.826. The van der Waals surface area contributed by atoms with Gasteiger partial charge in [0, 0.05) is 0 Å². The van der Waals surface area contributed by atoms with Crippen LogP contribution in [0.3, 0.4) is 0 Å². The first-order valence-corrected chi connectivity index (χ1v) is 6.07. The smallest absolute Gasteiger partial charge is 0.229 e. The van der Waals surface area contributed by atoms with E-state index in [0.29, 0.717) is 5.75 Å². The summed E-state index contributed by atoms with van der Waals surface area (Å²) in [6.45, 7) is 1.45. The van der Waals surface area contributed by atoms with Crippen LogP contribution >= 0.6 is 0 Å². The van der Waals surface area contributed by atoms with Crippen molar-refractivity contribution in [1.82, 2.24) is 0 Å². The Morgan fingerprint density at radius 1 is 1.05 bits per heavy atom. The maximum atomic E-state index is 9.80. The molecule has 1 fully saturated rings. The second-order valence-electron chi connectivity index (χ2n) is 4.63. The molecule has 1 aromatic carbocycles. The third-order valence-corrected chi connectivity index (χ3v) is 3.12.